The second-order valence-electron chi connectivity index (χ2n) is 5.61. The second-order valence-corrected chi connectivity index (χ2v) is 5.98. The number of benzene rings is 1. The van der Waals surface area contributed by atoms with E-state index in [0.717, 1.165) is 0 Å². The van der Waals surface area contributed by atoms with Crippen LogP contribution in [-0.2, 0) is 11.2 Å². The fraction of sp³-hybridized carbons (Fsp3) is 0.500. The minimum absolute atomic E-state index is 0.0232. The Morgan fingerprint density at radius 3 is 2.61 bits per heavy atom. The molecule has 0 bridgehead atoms. The molecule has 1 atom stereocenters. The maximum absolute atomic E-state index is 13.2. The monoisotopic (exact) mass is 271 g/mol. The summed E-state index contributed by atoms with van der Waals surface area (Å²) < 4.78 is 13.2. The number of nitrogens with two attached hydrogens (primary N) is 1. The summed E-state index contributed by atoms with van der Waals surface area (Å²) >= 11 is 5.81. The van der Waals surface area contributed by atoms with E-state index in [1.165, 1.54) is 6.07 Å². The lowest BCUT2D eigenvalue weighted by molar-refractivity contribution is -0.119. The highest BCUT2D eigenvalue weighted by atomic mass is 35.5. The zero-order chi connectivity index (χ0) is 13.9. The molecule has 1 unspecified atom stereocenters. The first-order valence-corrected chi connectivity index (χ1v) is 6.29. The third-order valence-electron chi connectivity index (χ3n) is 2.98. The van der Waals surface area contributed by atoms with Gasteiger partial charge in [-0.2, -0.15) is 0 Å². The molecule has 0 aromatic heterocycles. The summed E-state index contributed by atoms with van der Waals surface area (Å²) in [5.41, 5.74) is 6.34. The minimum atomic E-state index is -0.498. The lowest BCUT2D eigenvalue weighted by Gasteiger charge is -2.26. The topological polar surface area (TPSA) is 43.1 Å². The predicted octanol–water partition coefficient (Wildman–Crippen LogP) is 3.35. The molecule has 2 N–H and O–H groups in total. The molecular formula is C14H19ClFNO. The molecule has 0 saturated carbocycles. The molecule has 0 amide bonds. The third-order valence-corrected chi connectivity index (χ3v) is 3.40. The number of Topliss-reactive ketones (excluding diaryl/α,β-unsaturated/α-hetero) is 1. The van der Waals surface area contributed by atoms with E-state index in [1.807, 2.05) is 20.8 Å². The first-order chi connectivity index (χ1) is 8.21. The van der Waals surface area contributed by atoms with Gasteiger partial charge in [0.15, 0.2) is 0 Å². The van der Waals surface area contributed by atoms with Crippen LogP contribution >= 0.6 is 11.6 Å². The van der Waals surface area contributed by atoms with Crippen LogP contribution in [0.25, 0.3) is 0 Å². The first-order valence-electron chi connectivity index (χ1n) is 5.92. The smallest absolute Gasteiger partial charge is 0.142 e. The highest BCUT2D eigenvalue weighted by Gasteiger charge is 2.23. The van der Waals surface area contributed by atoms with E-state index in [9.17, 15) is 9.18 Å². The molecule has 1 aromatic carbocycles. The fourth-order valence-electron chi connectivity index (χ4n) is 1.52. The summed E-state index contributed by atoms with van der Waals surface area (Å²) in [6, 6.07) is 4.27. The van der Waals surface area contributed by atoms with Crippen LogP contribution in [0.15, 0.2) is 18.2 Å². The van der Waals surface area contributed by atoms with Gasteiger partial charge in [-0.3, -0.25) is 4.79 Å². The highest BCUT2D eigenvalue weighted by Crippen LogP contribution is 2.23. The molecule has 1 aromatic rings. The van der Waals surface area contributed by atoms with Crippen molar-refractivity contribution in [2.24, 2.45) is 11.1 Å². The maximum Gasteiger partial charge on any atom is 0.142 e. The van der Waals surface area contributed by atoms with Crippen LogP contribution in [0.1, 0.15) is 32.8 Å². The van der Waals surface area contributed by atoms with Crippen molar-refractivity contribution in [1.82, 2.24) is 0 Å². The van der Waals surface area contributed by atoms with Gasteiger partial charge in [-0.05, 0) is 17.0 Å². The van der Waals surface area contributed by atoms with E-state index < -0.39 is 5.82 Å². The van der Waals surface area contributed by atoms with E-state index >= 15 is 0 Å². The Labute approximate surface area is 112 Å². The largest absolute Gasteiger partial charge is 0.327 e. The van der Waals surface area contributed by atoms with Crippen LogP contribution in [-0.4, -0.2) is 11.8 Å². The van der Waals surface area contributed by atoms with Crippen molar-refractivity contribution in [2.45, 2.75) is 39.7 Å². The van der Waals surface area contributed by atoms with Crippen molar-refractivity contribution in [1.29, 1.82) is 0 Å². The summed E-state index contributed by atoms with van der Waals surface area (Å²) in [6.07, 6.45) is 0.400. The average molecular weight is 272 g/mol. The number of hydrogen-bond donors (Lipinski definition) is 1. The molecule has 0 aliphatic carbocycles. The lowest BCUT2D eigenvalue weighted by Crippen LogP contribution is -2.37. The van der Waals surface area contributed by atoms with Crippen LogP contribution in [0.2, 0.25) is 5.02 Å². The molecule has 0 saturated heterocycles. The number of rotatable bonds is 4. The molecule has 2 nitrogen and oxygen atoms in total. The molecule has 100 valence electrons. The second kappa shape index (κ2) is 5.81. The number of ketones is 1. The molecule has 0 aliphatic heterocycles. The molecule has 0 fully saturated rings. The Kier molecular flexibility index (Phi) is 4.88. The molecule has 18 heavy (non-hydrogen) atoms. The minimum Gasteiger partial charge on any atom is -0.327 e. The highest BCUT2D eigenvalue weighted by molar-refractivity contribution is 6.31. The summed E-state index contributed by atoms with van der Waals surface area (Å²) in [5, 5.41) is 0.0233. The zero-order valence-electron chi connectivity index (χ0n) is 11.0. The van der Waals surface area contributed by atoms with Crippen molar-refractivity contribution in [3.05, 3.63) is 34.6 Å². The van der Waals surface area contributed by atoms with Gasteiger partial charge in [0.1, 0.15) is 11.6 Å². The van der Waals surface area contributed by atoms with E-state index in [2.05, 4.69) is 0 Å². The van der Waals surface area contributed by atoms with Gasteiger partial charge >= 0.3 is 0 Å². The van der Waals surface area contributed by atoms with Gasteiger partial charge in [0.25, 0.3) is 0 Å². The van der Waals surface area contributed by atoms with Crippen molar-refractivity contribution in [3.63, 3.8) is 0 Å². The standard InChI is InChI=1S/C14H19ClFNO/c1-14(2,3)12(17)8-10(18)7-9-5-4-6-11(16)13(9)15/h4-6,12H,7-8,17H2,1-3H3. The van der Waals surface area contributed by atoms with E-state index in [-0.39, 0.29) is 35.1 Å². The van der Waals surface area contributed by atoms with Gasteiger partial charge in [0.05, 0.1) is 5.02 Å². The molecule has 0 aliphatic rings. The molecule has 0 spiro atoms. The van der Waals surface area contributed by atoms with Crippen LogP contribution < -0.4 is 5.73 Å². The Hall–Kier alpha value is -0.930. The van der Waals surface area contributed by atoms with Gasteiger partial charge in [0, 0.05) is 18.9 Å². The van der Waals surface area contributed by atoms with Gasteiger partial charge < -0.3 is 5.73 Å². The van der Waals surface area contributed by atoms with Crippen molar-refractivity contribution < 1.29 is 9.18 Å². The quantitative estimate of drug-likeness (QED) is 0.913. The van der Waals surface area contributed by atoms with Crippen molar-refractivity contribution in [2.75, 3.05) is 0 Å². The van der Waals surface area contributed by atoms with Crippen LogP contribution in [0.4, 0.5) is 4.39 Å². The number of carbonyl (C=O) groups is 1. The van der Waals surface area contributed by atoms with Gasteiger partial charge in [-0.25, -0.2) is 4.39 Å². The van der Waals surface area contributed by atoms with E-state index in [0.29, 0.717) is 5.56 Å². The SMILES string of the molecule is CC(C)(C)C(N)CC(=O)Cc1cccc(F)c1Cl. The van der Waals surface area contributed by atoms with E-state index in [1.54, 1.807) is 12.1 Å². The van der Waals surface area contributed by atoms with Crippen molar-refractivity contribution >= 4 is 17.4 Å². The summed E-state index contributed by atoms with van der Waals surface area (Å²) in [5.74, 6) is -0.521. The number of carbonyl (C=O) groups excluding carboxylic acids is 1. The van der Waals surface area contributed by atoms with Crippen molar-refractivity contribution in [3.8, 4) is 0 Å². The van der Waals surface area contributed by atoms with Gasteiger partial charge in [0.2, 0.25) is 0 Å². The third kappa shape index (κ3) is 4.07. The fourth-order valence-corrected chi connectivity index (χ4v) is 1.71. The summed E-state index contributed by atoms with van der Waals surface area (Å²) in [6.45, 7) is 5.96. The average Bonchev–Trinajstić information content (AvgIpc) is 2.23. The number of hydrogen-bond acceptors (Lipinski definition) is 2. The van der Waals surface area contributed by atoms with Crippen LogP contribution in [0.5, 0.6) is 0 Å². The molecular weight excluding hydrogens is 253 g/mol. The zero-order valence-corrected chi connectivity index (χ0v) is 11.7. The summed E-state index contributed by atoms with van der Waals surface area (Å²) in [7, 11) is 0. The maximum atomic E-state index is 13.2. The van der Waals surface area contributed by atoms with Crippen LogP contribution in [0, 0.1) is 11.2 Å². The Morgan fingerprint density at radius 1 is 1.44 bits per heavy atom. The van der Waals surface area contributed by atoms with Gasteiger partial charge in [-0.15, -0.1) is 0 Å². The Balaban J connectivity index is 2.69. The van der Waals surface area contributed by atoms with Gasteiger partial charge in [-0.1, -0.05) is 44.5 Å². The molecule has 0 radical (unpaired) electrons. The molecule has 4 heteroatoms. The van der Waals surface area contributed by atoms with E-state index in [4.69, 9.17) is 17.3 Å². The Bertz CT molecular complexity index is 440. The normalized spacial score (nSPS) is 13.4. The molecule has 0 heterocycles. The summed E-state index contributed by atoms with van der Waals surface area (Å²) in [4.78, 5) is 11.9. The van der Waals surface area contributed by atoms with Crippen LogP contribution in [0.3, 0.4) is 0 Å². The molecule has 1 rings (SSSR count). The first kappa shape index (κ1) is 15.1. The lowest BCUT2D eigenvalue weighted by atomic mass is 9.84. The number of halogens is 2. The Morgan fingerprint density at radius 2 is 2.06 bits per heavy atom. The predicted molar refractivity (Wildman–Crippen MR) is 72.2 cm³/mol.